The molecule has 176 valence electrons. The van der Waals surface area contributed by atoms with Crippen LogP contribution in [0.15, 0.2) is 12.1 Å². The zero-order chi connectivity index (χ0) is 22.9. The quantitative estimate of drug-likeness (QED) is 0.770. The van der Waals surface area contributed by atoms with Gasteiger partial charge in [-0.2, -0.15) is 0 Å². The van der Waals surface area contributed by atoms with E-state index in [2.05, 4.69) is 44.9 Å². The van der Waals surface area contributed by atoms with Gasteiger partial charge in [-0.3, -0.25) is 0 Å². The minimum absolute atomic E-state index is 0.00253. The van der Waals surface area contributed by atoms with Crippen molar-refractivity contribution in [3.63, 3.8) is 0 Å². The van der Waals surface area contributed by atoms with Gasteiger partial charge in [0.1, 0.15) is 11.7 Å². The Bertz CT molecular complexity index is 983. The molecular weight excluding hydrogens is 402 g/mol. The molecule has 2 heterocycles. The topological polar surface area (TPSA) is 51.2 Å². The molecule has 4 aliphatic carbocycles. The van der Waals surface area contributed by atoms with Crippen LogP contribution >= 0.6 is 0 Å². The van der Waals surface area contributed by atoms with Crippen LogP contribution in [0.2, 0.25) is 0 Å². The van der Waals surface area contributed by atoms with Crippen molar-refractivity contribution in [1.82, 2.24) is 4.90 Å². The maximum Gasteiger partial charge on any atom is 0.165 e. The Balaban J connectivity index is 1.65. The number of benzene rings is 1. The molecule has 4 fully saturated rings. The number of piperidine rings is 1. The molecule has 1 aromatic rings. The van der Waals surface area contributed by atoms with Gasteiger partial charge in [0, 0.05) is 35.5 Å². The predicted molar refractivity (Wildman–Crippen MR) is 123 cm³/mol. The number of methoxy groups -OCH3 is 2. The summed E-state index contributed by atoms with van der Waals surface area (Å²) in [7, 11) is 5.89. The van der Waals surface area contributed by atoms with E-state index < -0.39 is 11.2 Å². The van der Waals surface area contributed by atoms with Crippen molar-refractivity contribution < 1.29 is 19.3 Å². The van der Waals surface area contributed by atoms with Crippen molar-refractivity contribution in [3.8, 4) is 11.5 Å². The van der Waals surface area contributed by atoms with Crippen LogP contribution in [0.4, 0.5) is 0 Å². The van der Waals surface area contributed by atoms with Gasteiger partial charge < -0.3 is 24.2 Å². The van der Waals surface area contributed by atoms with E-state index in [4.69, 9.17) is 14.2 Å². The van der Waals surface area contributed by atoms with Crippen molar-refractivity contribution >= 4 is 0 Å². The molecule has 1 aromatic carbocycles. The standard InChI is InChI=1S/C27H39NO4/c1-23(2,3)24(4,29)18-15-25-10-11-27(18,31-7)22-26(25)12-13-28(5)19(25)14-16-8-9-17(30-6)21(32-22)20(16)26/h8-9,18-19,22,29H,10-15H2,1-7H3/t18?,19-,22?,24?,25-,26+,27-/m1/s1. The summed E-state index contributed by atoms with van der Waals surface area (Å²) in [5.74, 6) is 1.79. The van der Waals surface area contributed by atoms with E-state index in [-0.39, 0.29) is 28.3 Å². The number of aliphatic hydroxyl groups is 1. The Morgan fingerprint density at radius 1 is 1.12 bits per heavy atom. The smallest absolute Gasteiger partial charge is 0.165 e. The maximum atomic E-state index is 12.1. The summed E-state index contributed by atoms with van der Waals surface area (Å²) in [4.78, 5) is 2.60. The summed E-state index contributed by atoms with van der Waals surface area (Å²) in [6.07, 6.45) is 5.07. The Labute approximate surface area is 192 Å². The fraction of sp³-hybridized carbons (Fsp3) is 0.778. The van der Waals surface area contributed by atoms with Gasteiger partial charge in [-0.1, -0.05) is 26.8 Å². The molecule has 3 saturated carbocycles. The Kier molecular flexibility index (Phi) is 4.00. The average Bonchev–Trinajstić information content (AvgIpc) is 3.12. The molecule has 5 nitrogen and oxygen atoms in total. The third-order valence-corrected chi connectivity index (χ3v) is 11.0. The van der Waals surface area contributed by atoms with E-state index in [0.717, 1.165) is 50.1 Å². The lowest BCUT2D eigenvalue weighted by molar-refractivity contribution is -0.311. The SMILES string of the molecule is COc1ccc2c3c1OC1[C@@]4(OC)CC[C@@]5(CC4C(C)(O)C(C)(C)C)[C@@H](C2)N(C)CC[C@]315. The van der Waals surface area contributed by atoms with Crippen molar-refractivity contribution in [3.05, 3.63) is 23.3 Å². The predicted octanol–water partition coefficient (Wildman–Crippen LogP) is 3.94. The number of hydrogen-bond donors (Lipinski definition) is 1. The third kappa shape index (κ3) is 2.01. The monoisotopic (exact) mass is 441 g/mol. The van der Waals surface area contributed by atoms with Crippen LogP contribution in [-0.2, 0) is 16.6 Å². The van der Waals surface area contributed by atoms with Crippen LogP contribution in [-0.4, -0.2) is 61.2 Å². The van der Waals surface area contributed by atoms with E-state index in [0.29, 0.717) is 6.04 Å². The number of nitrogens with zero attached hydrogens (tertiary/aromatic N) is 1. The van der Waals surface area contributed by atoms with Gasteiger partial charge in [0.25, 0.3) is 0 Å². The Morgan fingerprint density at radius 2 is 1.88 bits per heavy atom. The van der Waals surface area contributed by atoms with Gasteiger partial charge in [0.05, 0.1) is 12.7 Å². The van der Waals surface area contributed by atoms with E-state index in [1.54, 1.807) is 7.11 Å². The summed E-state index contributed by atoms with van der Waals surface area (Å²) < 4.78 is 19.4. The number of likely N-dealkylation sites (N-methyl/N-ethyl adjacent to an activating group) is 1. The van der Waals surface area contributed by atoms with Crippen molar-refractivity contribution in [2.24, 2.45) is 16.7 Å². The van der Waals surface area contributed by atoms with Crippen LogP contribution in [0, 0.1) is 16.7 Å². The second-order valence-electron chi connectivity index (χ2n) is 12.5. The molecule has 2 aliphatic heterocycles. The van der Waals surface area contributed by atoms with E-state index in [1.165, 1.54) is 11.1 Å². The van der Waals surface area contributed by atoms with Crippen LogP contribution < -0.4 is 9.47 Å². The largest absolute Gasteiger partial charge is 0.493 e. The van der Waals surface area contributed by atoms with Gasteiger partial charge in [-0.05, 0) is 69.7 Å². The molecule has 7 rings (SSSR count). The minimum Gasteiger partial charge on any atom is -0.493 e. The van der Waals surface area contributed by atoms with Crippen LogP contribution in [0.3, 0.4) is 0 Å². The third-order valence-electron chi connectivity index (χ3n) is 11.0. The van der Waals surface area contributed by atoms with Gasteiger partial charge in [0.15, 0.2) is 11.5 Å². The highest BCUT2D eigenvalue weighted by molar-refractivity contribution is 5.63. The molecule has 1 N–H and O–H groups in total. The number of likely N-dealkylation sites (tertiary alicyclic amines) is 1. The fourth-order valence-electron chi connectivity index (χ4n) is 9.01. The second kappa shape index (κ2) is 6.03. The lowest BCUT2D eigenvalue weighted by Gasteiger charge is -2.75. The lowest BCUT2D eigenvalue weighted by atomic mass is 9.33. The Morgan fingerprint density at radius 3 is 2.53 bits per heavy atom. The highest BCUT2D eigenvalue weighted by atomic mass is 16.6. The lowest BCUT2D eigenvalue weighted by Crippen LogP contribution is -2.83. The summed E-state index contributed by atoms with van der Waals surface area (Å²) in [5, 5.41) is 12.1. The fourth-order valence-corrected chi connectivity index (χ4v) is 9.01. The van der Waals surface area contributed by atoms with Crippen LogP contribution in [0.5, 0.6) is 11.5 Å². The number of hydrogen-bond acceptors (Lipinski definition) is 5. The first-order valence-corrected chi connectivity index (χ1v) is 12.3. The molecular formula is C27H39NO4. The van der Waals surface area contributed by atoms with Gasteiger partial charge >= 0.3 is 0 Å². The van der Waals surface area contributed by atoms with E-state index in [1.807, 2.05) is 14.0 Å². The molecule has 32 heavy (non-hydrogen) atoms. The molecule has 5 heteroatoms. The molecule has 0 aromatic heterocycles. The zero-order valence-corrected chi connectivity index (χ0v) is 20.7. The molecule has 1 saturated heterocycles. The minimum atomic E-state index is -0.882. The average molecular weight is 442 g/mol. The van der Waals surface area contributed by atoms with Crippen molar-refractivity contribution in [2.45, 2.75) is 88.6 Å². The van der Waals surface area contributed by atoms with Gasteiger partial charge in [0.2, 0.25) is 0 Å². The second-order valence-corrected chi connectivity index (χ2v) is 12.5. The molecule has 4 bridgehead atoms. The summed E-state index contributed by atoms with van der Waals surface area (Å²) >= 11 is 0. The number of fused-ring (bicyclic) bond motifs is 2. The first-order chi connectivity index (χ1) is 15.0. The van der Waals surface area contributed by atoms with Crippen LogP contribution in [0.1, 0.15) is 64.5 Å². The molecule has 0 radical (unpaired) electrons. The molecule has 2 spiro atoms. The van der Waals surface area contributed by atoms with Crippen molar-refractivity contribution in [2.75, 3.05) is 27.8 Å². The Hall–Kier alpha value is -1.30. The highest BCUT2D eigenvalue weighted by Gasteiger charge is 2.82. The maximum absolute atomic E-state index is 12.1. The number of ether oxygens (including phenoxy) is 3. The highest BCUT2D eigenvalue weighted by Crippen LogP contribution is 2.77. The van der Waals surface area contributed by atoms with Crippen molar-refractivity contribution in [1.29, 1.82) is 0 Å². The number of rotatable bonds is 3. The molecule has 3 unspecified atom stereocenters. The summed E-state index contributed by atoms with van der Waals surface area (Å²) in [6, 6.07) is 4.82. The molecule has 7 atom stereocenters. The zero-order valence-electron chi connectivity index (χ0n) is 20.7. The summed E-state index contributed by atoms with van der Waals surface area (Å²) in [6.45, 7) is 9.59. The first-order valence-electron chi connectivity index (χ1n) is 12.3. The van der Waals surface area contributed by atoms with E-state index >= 15 is 0 Å². The van der Waals surface area contributed by atoms with E-state index in [9.17, 15) is 5.11 Å². The van der Waals surface area contributed by atoms with Gasteiger partial charge in [-0.25, -0.2) is 0 Å². The van der Waals surface area contributed by atoms with Crippen LogP contribution in [0.25, 0.3) is 0 Å². The van der Waals surface area contributed by atoms with Gasteiger partial charge in [-0.15, -0.1) is 0 Å². The summed E-state index contributed by atoms with van der Waals surface area (Å²) in [5.41, 5.74) is 1.17. The first kappa shape index (κ1) is 21.2. The molecule has 0 amide bonds. The normalized spacial score (nSPS) is 43.4. The molecule has 6 aliphatic rings.